The fraction of sp³-hybridized carbons (Fsp3) is 0.304. The second kappa shape index (κ2) is 9.60. The third-order valence-corrected chi connectivity index (χ3v) is 5.22. The first-order valence-corrected chi connectivity index (χ1v) is 10.2. The van der Waals surface area contributed by atoms with Crippen molar-refractivity contribution in [3.63, 3.8) is 0 Å². The van der Waals surface area contributed by atoms with E-state index in [1.165, 1.54) is 17.3 Å². The fourth-order valence-corrected chi connectivity index (χ4v) is 3.38. The number of rotatable bonds is 8. The summed E-state index contributed by atoms with van der Waals surface area (Å²) in [4.78, 5) is 23.2. The predicted octanol–water partition coefficient (Wildman–Crippen LogP) is 5.21. The smallest absolute Gasteiger partial charge is 0.313 e. The number of hydrogen-bond acceptors (Lipinski definition) is 4. The molecule has 0 fully saturated rings. The molecule has 0 heterocycles. The number of allylic oxidation sites excluding steroid dienone is 1. The first-order valence-electron chi connectivity index (χ1n) is 9.00. The standard InChI is InChI=1S/C23H26O4S/c1-23(2,3)19-9-5-16(6-10-19)7-11-20(24)17-8-12-21(27-4)18(13-17)14-28-15-22(25)26/h5-13H,14-15H2,1-4H3,(H,25,26). The molecule has 0 saturated heterocycles. The van der Waals surface area contributed by atoms with E-state index in [0.29, 0.717) is 17.1 Å². The molecule has 0 unspecified atom stereocenters. The zero-order valence-electron chi connectivity index (χ0n) is 16.7. The van der Waals surface area contributed by atoms with E-state index in [2.05, 4.69) is 32.9 Å². The van der Waals surface area contributed by atoms with Crippen molar-refractivity contribution in [2.75, 3.05) is 12.9 Å². The largest absolute Gasteiger partial charge is 0.496 e. The molecular formula is C23H26O4S. The lowest BCUT2D eigenvalue weighted by Gasteiger charge is -2.18. The van der Waals surface area contributed by atoms with E-state index in [0.717, 1.165) is 11.1 Å². The minimum absolute atomic E-state index is 0.00575. The Morgan fingerprint density at radius 2 is 1.79 bits per heavy atom. The maximum Gasteiger partial charge on any atom is 0.313 e. The number of carbonyl (C=O) groups is 2. The van der Waals surface area contributed by atoms with Gasteiger partial charge in [-0.2, -0.15) is 0 Å². The molecule has 2 aromatic carbocycles. The Kier molecular flexibility index (Phi) is 7.46. The van der Waals surface area contributed by atoms with Gasteiger partial charge in [-0.05, 0) is 40.8 Å². The van der Waals surface area contributed by atoms with Crippen LogP contribution in [0.5, 0.6) is 5.75 Å². The van der Waals surface area contributed by atoms with E-state index in [1.807, 2.05) is 12.1 Å². The lowest BCUT2D eigenvalue weighted by molar-refractivity contribution is -0.133. The molecular weight excluding hydrogens is 372 g/mol. The highest BCUT2D eigenvalue weighted by atomic mass is 32.2. The number of aliphatic carboxylic acids is 1. The Labute approximate surface area is 170 Å². The third kappa shape index (κ3) is 6.27. The van der Waals surface area contributed by atoms with Gasteiger partial charge in [0.1, 0.15) is 5.75 Å². The second-order valence-corrected chi connectivity index (χ2v) is 8.47. The van der Waals surface area contributed by atoms with Crippen LogP contribution in [0.15, 0.2) is 48.5 Å². The molecule has 2 rings (SSSR count). The molecule has 2 aromatic rings. The molecule has 0 radical (unpaired) electrons. The number of carboxylic acid groups (broad SMARTS) is 1. The molecule has 5 heteroatoms. The summed E-state index contributed by atoms with van der Waals surface area (Å²) in [6.07, 6.45) is 3.36. The number of carboxylic acids is 1. The van der Waals surface area contributed by atoms with Crippen molar-refractivity contribution in [1.29, 1.82) is 0 Å². The van der Waals surface area contributed by atoms with Crippen LogP contribution in [0.3, 0.4) is 0 Å². The quantitative estimate of drug-likeness (QED) is 0.489. The lowest BCUT2D eigenvalue weighted by atomic mass is 9.87. The Bertz CT molecular complexity index is 861. The highest BCUT2D eigenvalue weighted by Gasteiger charge is 2.13. The highest BCUT2D eigenvalue weighted by molar-refractivity contribution is 7.99. The molecule has 0 aliphatic rings. The molecule has 0 bridgehead atoms. The van der Waals surface area contributed by atoms with Gasteiger partial charge in [-0.1, -0.05) is 51.1 Å². The summed E-state index contributed by atoms with van der Waals surface area (Å²) in [5.74, 6) is 0.153. The maximum atomic E-state index is 12.5. The van der Waals surface area contributed by atoms with Crippen molar-refractivity contribution in [3.05, 3.63) is 70.8 Å². The Balaban J connectivity index is 2.12. The molecule has 28 heavy (non-hydrogen) atoms. The van der Waals surface area contributed by atoms with E-state index < -0.39 is 5.97 Å². The van der Waals surface area contributed by atoms with Crippen molar-refractivity contribution in [2.45, 2.75) is 31.9 Å². The van der Waals surface area contributed by atoms with Crippen molar-refractivity contribution in [2.24, 2.45) is 0 Å². The molecule has 0 saturated carbocycles. The zero-order chi connectivity index (χ0) is 20.7. The summed E-state index contributed by atoms with van der Waals surface area (Å²) in [5, 5.41) is 8.79. The van der Waals surface area contributed by atoms with Gasteiger partial charge in [0.15, 0.2) is 5.78 Å². The van der Waals surface area contributed by atoms with Gasteiger partial charge in [0.05, 0.1) is 12.9 Å². The van der Waals surface area contributed by atoms with Crippen molar-refractivity contribution < 1.29 is 19.4 Å². The summed E-state index contributed by atoms with van der Waals surface area (Å²) in [6.45, 7) is 6.49. The molecule has 0 atom stereocenters. The number of ketones is 1. The molecule has 1 N–H and O–H groups in total. The van der Waals surface area contributed by atoms with Gasteiger partial charge in [-0.3, -0.25) is 9.59 Å². The first-order chi connectivity index (χ1) is 13.2. The molecule has 0 amide bonds. The van der Waals surface area contributed by atoms with E-state index in [-0.39, 0.29) is 17.0 Å². The molecule has 0 aliphatic carbocycles. The Morgan fingerprint density at radius 3 is 2.36 bits per heavy atom. The number of carbonyl (C=O) groups excluding carboxylic acids is 1. The zero-order valence-corrected chi connectivity index (χ0v) is 17.5. The molecule has 4 nitrogen and oxygen atoms in total. The normalized spacial score (nSPS) is 11.6. The summed E-state index contributed by atoms with van der Waals surface area (Å²) in [7, 11) is 1.56. The van der Waals surface area contributed by atoms with Crippen LogP contribution in [0.4, 0.5) is 0 Å². The van der Waals surface area contributed by atoms with Gasteiger partial charge in [-0.15, -0.1) is 11.8 Å². The van der Waals surface area contributed by atoms with Crippen LogP contribution in [0.25, 0.3) is 6.08 Å². The Hall–Kier alpha value is -2.53. The fourth-order valence-electron chi connectivity index (χ4n) is 2.66. The summed E-state index contributed by atoms with van der Waals surface area (Å²) < 4.78 is 5.32. The maximum absolute atomic E-state index is 12.5. The minimum atomic E-state index is -0.864. The van der Waals surface area contributed by atoms with Crippen molar-refractivity contribution in [1.82, 2.24) is 0 Å². The van der Waals surface area contributed by atoms with Gasteiger partial charge in [0, 0.05) is 16.9 Å². The number of thioether (sulfide) groups is 1. The van der Waals surface area contributed by atoms with Crippen LogP contribution in [0, 0.1) is 0 Å². The summed E-state index contributed by atoms with van der Waals surface area (Å²) >= 11 is 1.27. The SMILES string of the molecule is COc1ccc(C(=O)C=Cc2ccc(C(C)(C)C)cc2)cc1CSCC(=O)O. The molecule has 0 aromatic heterocycles. The van der Waals surface area contributed by atoms with Gasteiger partial charge in [0.2, 0.25) is 0 Å². The van der Waals surface area contributed by atoms with E-state index in [4.69, 9.17) is 9.84 Å². The van der Waals surface area contributed by atoms with E-state index >= 15 is 0 Å². The van der Waals surface area contributed by atoms with E-state index in [9.17, 15) is 9.59 Å². The van der Waals surface area contributed by atoms with Gasteiger partial charge in [0.25, 0.3) is 0 Å². The molecule has 148 valence electrons. The second-order valence-electron chi connectivity index (χ2n) is 7.48. The third-order valence-electron chi connectivity index (χ3n) is 4.25. The lowest BCUT2D eigenvalue weighted by Crippen LogP contribution is -2.10. The number of benzene rings is 2. The van der Waals surface area contributed by atoms with Crippen LogP contribution in [0.2, 0.25) is 0 Å². The highest BCUT2D eigenvalue weighted by Crippen LogP contribution is 2.25. The average Bonchev–Trinajstić information content (AvgIpc) is 2.65. The van der Waals surface area contributed by atoms with Crippen LogP contribution >= 0.6 is 11.8 Å². The number of ether oxygens (including phenoxy) is 1. The molecule has 0 spiro atoms. The molecule has 0 aliphatic heterocycles. The minimum Gasteiger partial charge on any atom is -0.496 e. The Morgan fingerprint density at radius 1 is 1.11 bits per heavy atom. The van der Waals surface area contributed by atoms with Gasteiger partial charge in [-0.25, -0.2) is 0 Å². The van der Waals surface area contributed by atoms with Crippen LogP contribution < -0.4 is 4.74 Å². The summed E-state index contributed by atoms with van der Waals surface area (Å²) in [6, 6.07) is 13.4. The summed E-state index contributed by atoms with van der Waals surface area (Å²) in [5.41, 5.74) is 3.66. The van der Waals surface area contributed by atoms with E-state index in [1.54, 1.807) is 37.5 Å². The topological polar surface area (TPSA) is 63.6 Å². The van der Waals surface area contributed by atoms with Gasteiger partial charge >= 0.3 is 5.97 Å². The predicted molar refractivity (Wildman–Crippen MR) is 115 cm³/mol. The van der Waals surface area contributed by atoms with Crippen LogP contribution in [0.1, 0.15) is 47.8 Å². The van der Waals surface area contributed by atoms with Gasteiger partial charge < -0.3 is 9.84 Å². The van der Waals surface area contributed by atoms with Crippen LogP contribution in [-0.2, 0) is 16.0 Å². The number of hydrogen-bond donors (Lipinski definition) is 1. The van der Waals surface area contributed by atoms with Crippen LogP contribution in [-0.4, -0.2) is 29.7 Å². The number of methoxy groups -OCH3 is 1. The first kappa shape index (κ1) is 21.8. The van der Waals surface area contributed by atoms with Crippen molar-refractivity contribution in [3.8, 4) is 5.75 Å². The average molecular weight is 399 g/mol. The van der Waals surface area contributed by atoms with Crippen molar-refractivity contribution >= 4 is 29.6 Å². The monoisotopic (exact) mass is 398 g/mol.